The highest BCUT2D eigenvalue weighted by atomic mass is 32.2. The quantitative estimate of drug-likeness (QED) is 0.202. The minimum Gasteiger partial charge on any atom is -0.465 e. The van der Waals surface area contributed by atoms with Gasteiger partial charge >= 0.3 is 16.6 Å². The highest BCUT2D eigenvalue weighted by Gasteiger charge is 2.30. The highest BCUT2D eigenvalue weighted by molar-refractivity contribution is 7.99. The lowest BCUT2D eigenvalue weighted by Crippen LogP contribution is -2.36. The van der Waals surface area contributed by atoms with Gasteiger partial charge in [0.25, 0.3) is 0 Å². The van der Waals surface area contributed by atoms with Gasteiger partial charge in [-0.25, -0.2) is 9.59 Å². The fourth-order valence-electron chi connectivity index (χ4n) is 4.27. The Bertz CT molecular complexity index is 1460. The monoisotopic (exact) mass is 537 g/mol. The summed E-state index contributed by atoms with van der Waals surface area (Å²) in [4.78, 5) is 41.2. The number of nitrogens with zero attached hydrogens (tertiary/aromatic N) is 2. The molecular formula is C26H25N4O5S2+. The Balaban J connectivity index is 1.31. The van der Waals surface area contributed by atoms with Crippen LogP contribution in [0.1, 0.15) is 26.4 Å². The molecule has 0 saturated carbocycles. The van der Waals surface area contributed by atoms with E-state index in [1.165, 1.54) is 28.7 Å². The minimum atomic E-state index is -0.568. The lowest BCUT2D eigenvalue weighted by atomic mass is 10.0. The van der Waals surface area contributed by atoms with E-state index in [2.05, 4.69) is 27.6 Å². The molecule has 0 saturated heterocycles. The summed E-state index contributed by atoms with van der Waals surface area (Å²) in [5.41, 5.74) is 2.71. The Kier molecular flexibility index (Phi) is 7.54. The first kappa shape index (κ1) is 25.0. The maximum atomic E-state index is 12.9. The van der Waals surface area contributed by atoms with Crippen LogP contribution >= 0.6 is 23.1 Å². The van der Waals surface area contributed by atoms with E-state index in [0.29, 0.717) is 29.2 Å². The van der Waals surface area contributed by atoms with E-state index < -0.39 is 11.6 Å². The van der Waals surface area contributed by atoms with Crippen LogP contribution in [-0.4, -0.2) is 41.5 Å². The van der Waals surface area contributed by atoms with Gasteiger partial charge in [0.2, 0.25) is 11.6 Å². The van der Waals surface area contributed by atoms with Crippen LogP contribution in [-0.2, 0) is 29.0 Å². The number of fused-ring (bicyclic) bond motifs is 1. The molecule has 11 heteroatoms. The second-order valence-electron chi connectivity index (χ2n) is 8.44. The van der Waals surface area contributed by atoms with Crippen molar-refractivity contribution in [3.8, 4) is 5.69 Å². The summed E-state index contributed by atoms with van der Waals surface area (Å²) in [6.07, 6.45) is 0.690. The fraction of sp³-hybridized carbons (Fsp3) is 0.231. The van der Waals surface area contributed by atoms with Crippen LogP contribution in [0, 0.1) is 0 Å². The second-order valence-corrected chi connectivity index (χ2v) is 10.5. The molecule has 9 nitrogen and oxygen atoms in total. The molecular weight excluding hydrogens is 512 g/mol. The molecule has 2 N–H and O–H groups in total. The van der Waals surface area contributed by atoms with Gasteiger partial charge in [-0.05, 0) is 39.3 Å². The zero-order valence-electron chi connectivity index (χ0n) is 20.1. The van der Waals surface area contributed by atoms with Crippen molar-refractivity contribution >= 4 is 40.0 Å². The first-order valence-corrected chi connectivity index (χ1v) is 13.4. The molecule has 0 spiro atoms. The van der Waals surface area contributed by atoms with Crippen LogP contribution < -0.4 is 15.6 Å². The Labute approximate surface area is 221 Å². The summed E-state index contributed by atoms with van der Waals surface area (Å²) in [5, 5.41) is 6.16. The van der Waals surface area contributed by atoms with Crippen LogP contribution in [0.25, 0.3) is 5.69 Å². The molecule has 190 valence electrons. The summed E-state index contributed by atoms with van der Waals surface area (Å²) in [6, 6.07) is 19.4. The third kappa shape index (κ3) is 5.53. The van der Waals surface area contributed by atoms with Crippen molar-refractivity contribution in [3.05, 3.63) is 92.7 Å². The summed E-state index contributed by atoms with van der Waals surface area (Å²) in [7, 11) is 1.34. The smallest absolute Gasteiger partial charge is 0.442 e. The van der Waals surface area contributed by atoms with Crippen molar-refractivity contribution in [1.82, 2.24) is 10.2 Å². The summed E-state index contributed by atoms with van der Waals surface area (Å²) >= 11 is 2.45. The third-order valence-corrected chi connectivity index (χ3v) is 8.15. The Morgan fingerprint density at radius 3 is 2.62 bits per heavy atom. The molecule has 0 atom stereocenters. The van der Waals surface area contributed by atoms with Gasteiger partial charge in [0, 0.05) is 36.6 Å². The average molecular weight is 538 g/mol. The van der Waals surface area contributed by atoms with Crippen molar-refractivity contribution in [1.29, 1.82) is 0 Å². The van der Waals surface area contributed by atoms with Gasteiger partial charge in [-0.3, -0.25) is 14.2 Å². The number of nitrogens with one attached hydrogen (secondary N) is 2. The molecule has 1 aliphatic heterocycles. The van der Waals surface area contributed by atoms with Crippen molar-refractivity contribution in [2.75, 3.05) is 24.7 Å². The molecule has 1 aliphatic rings. The number of carbonyl (C=O) groups excluding carboxylic acids is 2. The van der Waals surface area contributed by atoms with E-state index in [9.17, 15) is 14.4 Å². The normalized spacial score (nSPS) is 13.2. The molecule has 0 bridgehead atoms. The number of para-hydroxylation sites is 1. The molecule has 2 aromatic heterocycles. The number of aromatic amines is 1. The highest BCUT2D eigenvalue weighted by Crippen LogP contribution is 2.38. The van der Waals surface area contributed by atoms with Gasteiger partial charge in [0.1, 0.15) is 5.00 Å². The summed E-state index contributed by atoms with van der Waals surface area (Å²) < 4.78 is 11.5. The Morgan fingerprint density at radius 1 is 1.16 bits per heavy atom. The maximum absolute atomic E-state index is 12.9. The van der Waals surface area contributed by atoms with E-state index >= 15 is 0 Å². The Morgan fingerprint density at radius 2 is 1.89 bits per heavy atom. The SMILES string of the molecule is COC(=O)c1c(NC(=O)CSc2c(=O)o[nH][n+]2-c2ccccc2)sc2c1CCN(Cc1ccccc1)C2. The number of rotatable bonds is 8. The number of esters is 1. The second kappa shape index (κ2) is 11.2. The van der Waals surface area contributed by atoms with E-state index in [1.54, 1.807) is 0 Å². The number of amides is 1. The van der Waals surface area contributed by atoms with E-state index in [0.717, 1.165) is 35.3 Å². The molecule has 4 aromatic rings. The summed E-state index contributed by atoms with van der Waals surface area (Å²) in [6.45, 7) is 2.30. The predicted octanol–water partition coefficient (Wildman–Crippen LogP) is 3.38. The zero-order chi connectivity index (χ0) is 25.8. The molecule has 37 heavy (non-hydrogen) atoms. The van der Waals surface area contributed by atoms with E-state index in [1.807, 2.05) is 48.5 Å². The van der Waals surface area contributed by atoms with Crippen LogP contribution in [0.3, 0.4) is 0 Å². The molecule has 0 unspecified atom stereocenters. The zero-order valence-corrected chi connectivity index (χ0v) is 21.7. The van der Waals surface area contributed by atoms with Crippen molar-refractivity contribution in [2.24, 2.45) is 0 Å². The number of ether oxygens (including phenoxy) is 1. The number of thiophene rings is 1. The first-order valence-electron chi connectivity index (χ1n) is 11.6. The number of benzene rings is 2. The van der Waals surface area contributed by atoms with Crippen molar-refractivity contribution in [3.63, 3.8) is 0 Å². The number of hydrogen-bond acceptors (Lipinski definition) is 8. The molecule has 3 heterocycles. The van der Waals surface area contributed by atoms with Crippen LogP contribution in [0.15, 0.2) is 75.0 Å². The van der Waals surface area contributed by atoms with Gasteiger partial charge in [0.05, 0.1) is 18.4 Å². The van der Waals surface area contributed by atoms with Gasteiger partial charge in [-0.15, -0.1) is 11.3 Å². The molecule has 2 aromatic carbocycles. The largest absolute Gasteiger partial charge is 0.465 e. The minimum absolute atomic E-state index is 0.0429. The van der Waals surface area contributed by atoms with Gasteiger partial charge in [0.15, 0.2) is 0 Å². The molecule has 1 amide bonds. The lowest BCUT2D eigenvalue weighted by Gasteiger charge is -2.27. The number of aromatic nitrogens is 2. The number of anilines is 1. The van der Waals surface area contributed by atoms with Gasteiger partial charge in [-0.2, -0.15) is 0 Å². The first-order chi connectivity index (χ1) is 18.0. The molecule has 0 aliphatic carbocycles. The Hall–Kier alpha value is -3.67. The number of hydrogen-bond donors (Lipinski definition) is 2. The number of carbonyl (C=O) groups is 2. The summed E-state index contributed by atoms with van der Waals surface area (Å²) in [5.74, 6) is -0.848. The fourth-order valence-corrected chi connectivity index (χ4v) is 6.34. The number of thioether (sulfide) groups is 1. The van der Waals surface area contributed by atoms with Crippen LogP contribution in [0.4, 0.5) is 5.00 Å². The third-order valence-electron chi connectivity index (χ3n) is 5.99. The standard InChI is InChI=1S/C26H24N4O5S2/c1-34-25(32)22-19-12-13-29(14-17-8-4-2-5-9-17)15-20(19)37-23(22)27-21(31)16-36-24-26(33)35-28-30(24)18-10-6-3-7-11-18/h2-11H,12-16H2,1H3,(H-,27,28,31,32,33)/p+1. The van der Waals surface area contributed by atoms with Crippen LogP contribution in [0.2, 0.25) is 0 Å². The molecule has 0 radical (unpaired) electrons. The molecule has 0 fully saturated rings. The maximum Gasteiger partial charge on any atom is 0.442 e. The van der Waals surface area contributed by atoms with Crippen molar-refractivity contribution in [2.45, 2.75) is 24.5 Å². The van der Waals surface area contributed by atoms with Crippen molar-refractivity contribution < 1.29 is 23.5 Å². The topological polar surface area (TPSA) is 109 Å². The number of H-pyrrole nitrogens is 1. The predicted molar refractivity (Wildman–Crippen MR) is 140 cm³/mol. The number of methoxy groups -OCH3 is 1. The van der Waals surface area contributed by atoms with Crippen LogP contribution in [0.5, 0.6) is 0 Å². The van der Waals surface area contributed by atoms with E-state index in [-0.39, 0.29) is 16.7 Å². The average Bonchev–Trinajstić information content (AvgIpc) is 3.47. The lowest BCUT2D eigenvalue weighted by molar-refractivity contribution is -0.704. The van der Waals surface area contributed by atoms with Gasteiger partial charge in [-0.1, -0.05) is 48.5 Å². The van der Waals surface area contributed by atoms with E-state index in [4.69, 9.17) is 9.26 Å². The van der Waals surface area contributed by atoms with Gasteiger partial charge < -0.3 is 10.1 Å². The molecule has 5 rings (SSSR count).